The lowest BCUT2D eigenvalue weighted by Gasteiger charge is -2.37. The number of nitro groups is 1. The summed E-state index contributed by atoms with van der Waals surface area (Å²) >= 11 is 0. The number of nitrogens with zero attached hydrogens (tertiary/aromatic N) is 6. The molecule has 3 aliphatic rings. The van der Waals surface area contributed by atoms with Gasteiger partial charge < -0.3 is 24.4 Å². The Kier molecular flexibility index (Phi) is 10.5. The van der Waals surface area contributed by atoms with E-state index in [1.165, 1.54) is 17.3 Å². The van der Waals surface area contributed by atoms with Crippen LogP contribution < -0.4 is 19.7 Å². The number of aliphatic hydroxyl groups excluding tert-OH is 1. The van der Waals surface area contributed by atoms with Crippen molar-refractivity contribution in [2.24, 2.45) is 5.92 Å². The summed E-state index contributed by atoms with van der Waals surface area (Å²) in [4.78, 5) is 43.0. The predicted octanol–water partition coefficient (Wildman–Crippen LogP) is 6.30. The number of rotatable bonds is 13. The minimum atomic E-state index is -2.51. The van der Waals surface area contributed by atoms with E-state index in [0.717, 1.165) is 29.0 Å². The largest absolute Gasteiger partial charge is 0.497 e. The molecule has 0 bridgehead atoms. The number of aryl methyl sites for hydroxylation is 1. The Morgan fingerprint density at radius 3 is 2.43 bits per heavy atom. The number of fused-ring (bicyclic) bond motifs is 2. The van der Waals surface area contributed by atoms with Gasteiger partial charge in [0.1, 0.15) is 5.75 Å². The molecule has 4 heterocycles. The summed E-state index contributed by atoms with van der Waals surface area (Å²) in [5.74, 6) is -0.102. The Morgan fingerprint density at radius 2 is 1.78 bits per heavy atom. The van der Waals surface area contributed by atoms with Crippen LogP contribution in [0.25, 0.3) is 0 Å². The number of anilines is 2. The lowest BCUT2D eigenvalue weighted by Crippen LogP contribution is -2.51. The molecule has 5 aromatic rings. The number of nitro benzene ring substituents is 1. The zero-order valence-corrected chi connectivity index (χ0v) is 34.2. The fourth-order valence-electron chi connectivity index (χ4n) is 9.62. The van der Waals surface area contributed by atoms with Gasteiger partial charge in [0.25, 0.3) is 11.6 Å². The van der Waals surface area contributed by atoms with Crippen molar-refractivity contribution in [3.05, 3.63) is 136 Å². The highest BCUT2D eigenvalue weighted by Gasteiger charge is 2.66. The summed E-state index contributed by atoms with van der Waals surface area (Å²) < 4.78 is 14.5. The molecule has 8 rings (SSSR count). The van der Waals surface area contributed by atoms with Crippen molar-refractivity contribution in [2.75, 3.05) is 30.1 Å². The summed E-state index contributed by atoms with van der Waals surface area (Å²) in [7, 11) is -0.867. The fraction of sp³-hybridized carbons (Fsp3) is 0.364. The molecule has 300 valence electrons. The third kappa shape index (κ3) is 6.78. The van der Waals surface area contributed by atoms with Crippen molar-refractivity contribution >= 4 is 42.1 Å². The van der Waals surface area contributed by atoms with Crippen LogP contribution in [0.5, 0.6) is 5.75 Å². The van der Waals surface area contributed by atoms with Crippen LogP contribution in [0.15, 0.2) is 103 Å². The number of benzene rings is 4. The van der Waals surface area contributed by atoms with E-state index in [1.54, 1.807) is 27.7 Å². The SMILES string of the molecule is COc1ccc([Si](C)(C)[C@H]2[C@H](CCn3cc(C(CO)c4ccccc4)nn3)O[C@@]3(C(=O)N(Cc4ccc(N5CCCC5=O)cc4)c4ccc([N+](=O)[O-])cc43)[C@@H]2C)cc1. The zero-order valence-electron chi connectivity index (χ0n) is 33.2. The van der Waals surface area contributed by atoms with Gasteiger partial charge in [-0.25, -0.2) is 0 Å². The molecule has 2 amide bonds. The number of aromatic nitrogens is 3. The number of hydrogen-bond donors (Lipinski definition) is 1. The normalized spacial score (nSPS) is 22.2. The van der Waals surface area contributed by atoms with Crippen LogP contribution in [0, 0.1) is 16.0 Å². The van der Waals surface area contributed by atoms with Crippen LogP contribution in [0.1, 0.15) is 54.5 Å². The minimum Gasteiger partial charge on any atom is -0.497 e. The second-order valence-electron chi connectivity index (χ2n) is 16.2. The molecule has 0 aliphatic carbocycles. The fourth-order valence-corrected chi connectivity index (χ4v) is 13.7. The number of amides is 2. The van der Waals surface area contributed by atoms with Crippen LogP contribution in [-0.2, 0) is 33.0 Å². The molecule has 5 atom stereocenters. The highest BCUT2D eigenvalue weighted by Crippen LogP contribution is 2.60. The molecule has 1 aromatic heterocycles. The van der Waals surface area contributed by atoms with Crippen LogP contribution in [-0.4, -0.2) is 71.3 Å². The quantitative estimate of drug-likeness (QED) is 0.0822. The van der Waals surface area contributed by atoms with Gasteiger partial charge in [0.15, 0.2) is 5.60 Å². The van der Waals surface area contributed by atoms with Crippen LogP contribution in [0.3, 0.4) is 0 Å². The smallest absolute Gasteiger partial charge is 0.269 e. The van der Waals surface area contributed by atoms with Crippen molar-refractivity contribution in [3.63, 3.8) is 0 Å². The number of carbonyl (C=O) groups excluding carboxylic acids is 2. The van der Waals surface area contributed by atoms with Crippen LogP contribution in [0.4, 0.5) is 17.1 Å². The monoisotopic (exact) mass is 800 g/mol. The van der Waals surface area contributed by atoms with Gasteiger partial charge in [0.05, 0.1) is 56.7 Å². The van der Waals surface area contributed by atoms with Gasteiger partial charge in [-0.2, -0.15) is 0 Å². The lowest BCUT2D eigenvalue weighted by molar-refractivity contribution is -0.385. The van der Waals surface area contributed by atoms with Crippen molar-refractivity contribution < 1.29 is 29.1 Å². The summed E-state index contributed by atoms with van der Waals surface area (Å²) in [6.45, 7) is 7.87. The van der Waals surface area contributed by atoms with Gasteiger partial charge in [0, 0.05) is 55.0 Å². The van der Waals surface area contributed by atoms with Gasteiger partial charge >= 0.3 is 0 Å². The third-order valence-electron chi connectivity index (χ3n) is 12.6. The van der Waals surface area contributed by atoms with Gasteiger partial charge in [-0.3, -0.25) is 24.4 Å². The van der Waals surface area contributed by atoms with E-state index < -0.39 is 24.7 Å². The number of non-ortho nitro benzene ring substituents is 1. The van der Waals surface area contributed by atoms with Crippen LogP contribution in [0.2, 0.25) is 18.6 Å². The van der Waals surface area contributed by atoms with E-state index in [-0.39, 0.29) is 48.0 Å². The summed E-state index contributed by atoms with van der Waals surface area (Å²) in [6, 6.07) is 30.1. The van der Waals surface area contributed by atoms with Crippen molar-refractivity contribution in [1.29, 1.82) is 0 Å². The lowest BCUT2D eigenvalue weighted by atomic mass is 9.82. The molecule has 1 N–H and O–H groups in total. The minimum absolute atomic E-state index is 0.100. The number of carbonyl (C=O) groups is 2. The number of hydrogen-bond acceptors (Lipinski definition) is 9. The molecule has 3 aliphatic heterocycles. The highest BCUT2D eigenvalue weighted by atomic mass is 28.3. The molecule has 13 nitrogen and oxygen atoms in total. The molecule has 0 radical (unpaired) electrons. The van der Waals surface area contributed by atoms with E-state index in [0.29, 0.717) is 42.9 Å². The van der Waals surface area contributed by atoms with Gasteiger partial charge in [0.2, 0.25) is 5.91 Å². The number of aliphatic hydroxyl groups is 1. The van der Waals surface area contributed by atoms with E-state index in [4.69, 9.17) is 9.47 Å². The second kappa shape index (κ2) is 15.6. The van der Waals surface area contributed by atoms with Crippen molar-refractivity contribution in [2.45, 2.75) is 75.5 Å². The molecule has 1 unspecified atom stereocenters. The van der Waals surface area contributed by atoms with E-state index >= 15 is 4.79 Å². The first-order chi connectivity index (χ1) is 28.0. The molecular weight excluding hydrogens is 753 g/mol. The van der Waals surface area contributed by atoms with Crippen LogP contribution >= 0.6 is 0 Å². The van der Waals surface area contributed by atoms with Gasteiger partial charge in [-0.1, -0.05) is 85.0 Å². The van der Waals surface area contributed by atoms with Gasteiger partial charge in [-0.15, -0.1) is 5.10 Å². The third-order valence-corrected chi connectivity index (χ3v) is 17.0. The molecular formula is C44H48N6O7Si. The highest BCUT2D eigenvalue weighted by molar-refractivity contribution is 6.91. The van der Waals surface area contributed by atoms with E-state index in [1.807, 2.05) is 72.9 Å². The molecule has 4 aromatic carbocycles. The summed E-state index contributed by atoms with van der Waals surface area (Å²) in [5, 5.41) is 32.6. The molecule has 2 saturated heterocycles. The van der Waals surface area contributed by atoms with Crippen molar-refractivity contribution in [3.8, 4) is 5.75 Å². The number of ether oxygens (including phenoxy) is 2. The average molecular weight is 801 g/mol. The van der Waals surface area contributed by atoms with E-state index in [2.05, 4.69) is 42.5 Å². The molecule has 2 fully saturated rings. The Labute approximate surface area is 338 Å². The standard InChI is InChI=1S/C44H48N6O7Si/c1-29-42(58(3,4)35-19-17-34(56-2)18-20-35)40(22-24-47-27-38(45-46-47)36(28-51)31-9-6-5-7-10-31)57-44(29)37-25-33(50(54)55)16-21-39(37)49(43(44)53)26-30-12-14-32(15-13-30)48-23-8-11-41(48)52/h5-7,9-10,12-21,25,27,29,36,40,42,51H,8,11,22-24,26,28H2,1-4H3/t29-,36?,40+,42-,44+/m1/s1. The second-order valence-corrected chi connectivity index (χ2v) is 20.9. The Balaban J connectivity index is 1.16. The molecule has 58 heavy (non-hydrogen) atoms. The Bertz CT molecular complexity index is 2320. The summed E-state index contributed by atoms with van der Waals surface area (Å²) in [6.07, 6.45) is 3.28. The average Bonchev–Trinajstić information content (AvgIpc) is 4.01. The molecule has 1 spiro atoms. The maximum atomic E-state index is 15.3. The zero-order chi connectivity index (χ0) is 40.8. The van der Waals surface area contributed by atoms with Crippen molar-refractivity contribution in [1.82, 2.24) is 15.0 Å². The predicted molar refractivity (Wildman–Crippen MR) is 222 cm³/mol. The molecule has 0 saturated carbocycles. The van der Waals surface area contributed by atoms with Gasteiger partial charge in [-0.05, 0) is 59.8 Å². The summed E-state index contributed by atoms with van der Waals surface area (Å²) in [5.41, 5.74) is 2.65. The maximum absolute atomic E-state index is 15.3. The number of methoxy groups -OCH3 is 1. The first kappa shape index (κ1) is 39.1. The topological polar surface area (TPSA) is 153 Å². The Morgan fingerprint density at radius 1 is 1.03 bits per heavy atom. The van der Waals surface area contributed by atoms with E-state index in [9.17, 15) is 20.0 Å². The Hall–Kier alpha value is -5.70. The first-order valence-corrected chi connectivity index (χ1v) is 22.9. The first-order valence-electron chi connectivity index (χ1n) is 19.8. The maximum Gasteiger partial charge on any atom is 0.269 e. The molecule has 14 heteroatoms.